The summed E-state index contributed by atoms with van der Waals surface area (Å²) in [4.78, 5) is 11.5. The molecule has 114 valence electrons. The van der Waals surface area contributed by atoms with Gasteiger partial charge in [0.1, 0.15) is 23.8 Å². The first-order valence-electron chi connectivity index (χ1n) is 7.77. The summed E-state index contributed by atoms with van der Waals surface area (Å²) in [5.41, 5.74) is 0. The summed E-state index contributed by atoms with van der Waals surface area (Å²) in [6.07, 6.45) is 5.70. The average molecular weight is 281 g/mol. The molecule has 0 spiro atoms. The second-order valence-electron chi connectivity index (χ2n) is 6.06. The van der Waals surface area contributed by atoms with Gasteiger partial charge in [-0.2, -0.15) is 0 Å². The van der Waals surface area contributed by atoms with Crippen LogP contribution >= 0.6 is 0 Å². The van der Waals surface area contributed by atoms with Gasteiger partial charge in [0.25, 0.3) is 0 Å². The van der Waals surface area contributed by atoms with Crippen LogP contribution < -0.4 is 5.32 Å². The highest BCUT2D eigenvalue weighted by molar-refractivity contribution is 5.80. The van der Waals surface area contributed by atoms with E-state index in [1.165, 1.54) is 0 Å². The van der Waals surface area contributed by atoms with Crippen molar-refractivity contribution in [1.29, 1.82) is 0 Å². The van der Waals surface area contributed by atoms with E-state index in [0.29, 0.717) is 18.2 Å². The van der Waals surface area contributed by atoms with Gasteiger partial charge in [0.05, 0.1) is 0 Å². The molecule has 0 saturated carbocycles. The fraction of sp³-hybridized carbons (Fsp3) is 0.867. The van der Waals surface area contributed by atoms with Gasteiger partial charge >= 0.3 is 0 Å². The summed E-state index contributed by atoms with van der Waals surface area (Å²) in [6.45, 7) is 10.0. The number of carbonyl (C=O) groups excluding carboxylic acids is 1. The second kappa shape index (κ2) is 8.95. The average Bonchev–Trinajstić information content (AvgIpc) is 2.81. The van der Waals surface area contributed by atoms with Gasteiger partial charge in [-0.3, -0.25) is 4.79 Å². The van der Waals surface area contributed by atoms with Crippen LogP contribution in [0.3, 0.4) is 0 Å². The molecular weight excluding hydrogens is 252 g/mol. The van der Waals surface area contributed by atoms with Gasteiger partial charge in [-0.25, -0.2) is 0 Å². The molecule has 1 unspecified atom stereocenters. The third-order valence-electron chi connectivity index (χ3n) is 3.36. The molecule has 0 aromatic carbocycles. The molecular formula is C15H29N4O+. The molecule has 1 heterocycles. The van der Waals surface area contributed by atoms with Crippen LogP contribution in [0, 0.1) is 5.92 Å². The summed E-state index contributed by atoms with van der Waals surface area (Å²) in [7, 11) is 0. The number of carbonyl (C=O) groups is 1. The molecule has 0 fully saturated rings. The lowest BCUT2D eigenvalue weighted by molar-refractivity contribution is -0.532. The van der Waals surface area contributed by atoms with Crippen LogP contribution in [0.1, 0.15) is 53.4 Å². The quantitative estimate of drug-likeness (QED) is 0.494. The van der Waals surface area contributed by atoms with Crippen molar-refractivity contribution >= 4 is 12.0 Å². The predicted octanol–water partition coefficient (Wildman–Crippen LogP) is 2.60. The van der Waals surface area contributed by atoms with E-state index in [2.05, 4.69) is 35.7 Å². The maximum Gasteiger partial charge on any atom is 0.223 e. The lowest BCUT2D eigenvalue weighted by Gasteiger charge is -2.05. The molecule has 1 rings (SSSR count). The van der Waals surface area contributed by atoms with E-state index < -0.39 is 0 Å². The number of ketones is 1. The van der Waals surface area contributed by atoms with Crippen molar-refractivity contribution in [3.63, 3.8) is 0 Å². The fourth-order valence-corrected chi connectivity index (χ4v) is 2.02. The minimum atomic E-state index is 0.158. The zero-order valence-electron chi connectivity index (χ0n) is 13.3. The molecule has 20 heavy (non-hydrogen) atoms. The lowest BCUT2D eigenvalue weighted by Crippen LogP contribution is -2.26. The van der Waals surface area contributed by atoms with Gasteiger partial charge < -0.3 is 5.32 Å². The standard InChI is InChI=1S/C15H29N4O/c1-12(2)15(20)7-5-6-10-19-11-14(17-18-19)8-9-16-13(3)4/h11-14,16H,5-10H2,1-4H3/q+1. The highest BCUT2D eigenvalue weighted by atomic mass is 16.1. The summed E-state index contributed by atoms with van der Waals surface area (Å²) in [6, 6.07) is 0.724. The Labute approximate surface area is 122 Å². The lowest BCUT2D eigenvalue weighted by atomic mass is 10.0. The second-order valence-corrected chi connectivity index (χ2v) is 6.06. The summed E-state index contributed by atoms with van der Waals surface area (Å²) >= 11 is 0. The Kier molecular flexibility index (Phi) is 7.59. The third kappa shape index (κ3) is 6.89. The highest BCUT2D eigenvalue weighted by Gasteiger charge is 2.21. The molecule has 0 aromatic rings. The minimum Gasteiger partial charge on any atom is -0.314 e. The van der Waals surface area contributed by atoms with Gasteiger partial charge in [0.2, 0.25) is 6.04 Å². The molecule has 0 aliphatic carbocycles. The SMILES string of the molecule is CC(C)NCCC1C=[N+](CCCCC(=O)C(C)C)N=N1. The van der Waals surface area contributed by atoms with E-state index >= 15 is 0 Å². The molecule has 0 saturated heterocycles. The first-order valence-corrected chi connectivity index (χ1v) is 7.77. The number of hydrogen-bond donors (Lipinski definition) is 1. The van der Waals surface area contributed by atoms with E-state index in [-0.39, 0.29) is 12.0 Å². The molecule has 0 aromatic heterocycles. The predicted molar refractivity (Wildman–Crippen MR) is 81.3 cm³/mol. The number of rotatable bonds is 10. The molecule has 0 radical (unpaired) electrons. The maximum atomic E-state index is 11.5. The van der Waals surface area contributed by atoms with Crippen molar-refractivity contribution in [2.45, 2.75) is 65.5 Å². The largest absolute Gasteiger partial charge is 0.314 e. The minimum absolute atomic E-state index is 0.158. The Bertz CT molecular complexity index is 361. The topological polar surface area (TPSA) is 56.8 Å². The molecule has 5 nitrogen and oxygen atoms in total. The fourth-order valence-electron chi connectivity index (χ4n) is 2.02. The van der Waals surface area contributed by atoms with Crippen LogP contribution in [0.25, 0.3) is 0 Å². The zero-order chi connectivity index (χ0) is 15.0. The Morgan fingerprint density at radius 1 is 1.30 bits per heavy atom. The van der Waals surface area contributed by atoms with Crippen molar-refractivity contribution in [1.82, 2.24) is 5.32 Å². The summed E-state index contributed by atoms with van der Waals surface area (Å²) in [5.74, 6) is 0.514. The monoisotopic (exact) mass is 281 g/mol. The van der Waals surface area contributed by atoms with Crippen molar-refractivity contribution < 1.29 is 9.48 Å². The van der Waals surface area contributed by atoms with Gasteiger partial charge in [0, 0.05) is 36.5 Å². The highest BCUT2D eigenvalue weighted by Crippen LogP contribution is 2.07. The Hall–Kier alpha value is -1.10. The van der Waals surface area contributed by atoms with Crippen LogP contribution in [0.4, 0.5) is 0 Å². The Morgan fingerprint density at radius 2 is 2.05 bits per heavy atom. The van der Waals surface area contributed by atoms with Crippen molar-refractivity contribution in [2.75, 3.05) is 13.1 Å². The number of hydrogen-bond acceptors (Lipinski definition) is 4. The van der Waals surface area contributed by atoms with E-state index in [4.69, 9.17) is 0 Å². The van der Waals surface area contributed by atoms with Crippen LogP contribution in [0.2, 0.25) is 0 Å². The Balaban J connectivity index is 2.13. The zero-order valence-corrected chi connectivity index (χ0v) is 13.3. The molecule has 1 atom stereocenters. The van der Waals surface area contributed by atoms with E-state index in [0.717, 1.165) is 32.4 Å². The first-order chi connectivity index (χ1) is 9.49. The molecule has 5 heteroatoms. The van der Waals surface area contributed by atoms with E-state index in [9.17, 15) is 4.79 Å². The number of Topliss-reactive ketones (excluding diaryl/α,β-unsaturated/α-hetero) is 1. The molecule has 1 N–H and O–H groups in total. The van der Waals surface area contributed by atoms with Crippen LogP contribution in [-0.4, -0.2) is 41.9 Å². The number of unbranched alkanes of at least 4 members (excludes halogenated alkanes) is 1. The summed E-state index contributed by atoms with van der Waals surface area (Å²) < 4.78 is 1.92. The van der Waals surface area contributed by atoms with Gasteiger partial charge in [-0.1, -0.05) is 27.7 Å². The van der Waals surface area contributed by atoms with E-state index in [1.807, 2.05) is 18.5 Å². The first kappa shape index (κ1) is 17.0. The van der Waals surface area contributed by atoms with Gasteiger partial charge in [-0.15, -0.1) is 4.68 Å². The summed E-state index contributed by atoms with van der Waals surface area (Å²) in [5, 5.41) is 11.8. The van der Waals surface area contributed by atoms with Crippen molar-refractivity contribution in [3.05, 3.63) is 0 Å². The smallest absolute Gasteiger partial charge is 0.223 e. The van der Waals surface area contributed by atoms with E-state index in [1.54, 1.807) is 0 Å². The number of nitrogens with one attached hydrogen (secondary N) is 1. The van der Waals surface area contributed by atoms with Crippen LogP contribution in [-0.2, 0) is 4.79 Å². The molecule has 0 bridgehead atoms. The van der Waals surface area contributed by atoms with Crippen LogP contribution in [0.5, 0.6) is 0 Å². The maximum absolute atomic E-state index is 11.5. The molecule has 1 aliphatic heterocycles. The van der Waals surface area contributed by atoms with Crippen LogP contribution in [0.15, 0.2) is 10.3 Å². The normalized spacial score (nSPS) is 18.1. The Morgan fingerprint density at radius 3 is 2.70 bits per heavy atom. The molecule has 0 amide bonds. The van der Waals surface area contributed by atoms with Crippen molar-refractivity contribution in [2.24, 2.45) is 16.3 Å². The third-order valence-corrected chi connectivity index (χ3v) is 3.36. The van der Waals surface area contributed by atoms with Gasteiger partial charge in [0.15, 0.2) is 0 Å². The molecule has 1 aliphatic rings. The van der Waals surface area contributed by atoms with Crippen molar-refractivity contribution in [3.8, 4) is 0 Å². The van der Waals surface area contributed by atoms with Gasteiger partial charge in [-0.05, 0) is 12.8 Å². The number of nitrogens with zero attached hydrogens (tertiary/aromatic N) is 3.